The summed E-state index contributed by atoms with van der Waals surface area (Å²) in [5, 5.41) is 20.3. The van der Waals surface area contributed by atoms with E-state index in [4.69, 9.17) is 22.1 Å². The van der Waals surface area contributed by atoms with Crippen LogP contribution in [0, 0.1) is 17.0 Å². The van der Waals surface area contributed by atoms with E-state index in [-0.39, 0.29) is 39.2 Å². The molecule has 29 heavy (non-hydrogen) atoms. The Morgan fingerprint density at radius 1 is 1.24 bits per heavy atom. The van der Waals surface area contributed by atoms with Crippen LogP contribution < -0.4 is 15.8 Å². The van der Waals surface area contributed by atoms with Crippen LogP contribution in [0.25, 0.3) is 0 Å². The number of ether oxygens (including phenoxy) is 1. The SMILES string of the molecule is Cc1[nH]nc(C(N)=O)c1NC(=O)c1ccc(Oc2ccc(Cl)cc2[N+](=O)[O-])cc1. The lowest BCUT2D eigenvalue weighted by Gasteiger charge is -2.08. The fourth-order valence-electron chi connectivity index (χ4n) is 2.47. The molecule has 148 valence electrons. The highest BCUT2D eigenvalue weighted by Crippen LogP contribution is 2.33. The molecule has 2 aromatic carbocycles. The highest BCUT2D eigenvalue weighted by Gasteiger charge is 2.19. The predicted molar refractivity (Wildman–Crippen MR) is 104 cm³/mol. The van der Waals surface area contributed by atoms with Crippen LogP contribution in [0.5, 0.6) is 11.5 Å². The second-order valence-corrected chi connectivity index (χ2v) is 6.32. The molecule has 10 nitrogen and oxygen atoms in total. The monoisotopic (exact) mass is 415 g/mol. The lowest BCUT2D eigenvalue weighted by Crippen LogP contribution is -2.18. The summed E-state index contributed by atoms with van der Waals surface area (Å²) in [6, 6.07) is 9.91. The summed E-state index contributed by atoms with van der Waals surface area (Å²) in [6.45, 7) is 1.63. The Hall–Kier alpha value is -3.92. The third-order valence-electron chi connectivity index (χ3n) is 3.88. The molecule has 0 fully saturated rings. The molecule has 3 rings (SSSR count). The quantitative estimate of drug-likeness (QED) is 0.414. The van der Waals surface area contributed by atoms with E-state index in [0.29, 0.717) is 5.69 Å². The van der Waals surface area contributed by atoms with Gasteiger partial charge in [0, 0.05) is 16.7 Å². The molecule has 1 heterocycles. The van der Waals surface area contributed by atoms with Gasteiger partial charge in [0.15, 0.2) is 5.69 Å². The normalized spacial score (nSPS) is 10.4. The Labute approximate surface area is 168 Å². The van der Waals surface area contributed by atoms with Crippen molar-refractivity contribution in [1.82, 2.24) is 10.2 Å². The summed E-state index contributed by atoms with van der Waals surface area (Å²) >= 11 is 5.78. The lowest BCUT2D eigenvalue weighted by atomic mass is 10.2. The number of aryl methyl sites for hydroxylation is 1. The number of nitrogens with one attached hydrogen (secondary N) is 2. The Bertz CT molecular complexity index is 1110. The number of nitro benzene ring substituents is 1. The van der Waals surface area contributed by atoms with Crippen molar-refractivity contribution in [2.45, 2.75) is 6.92 Å². The maximum atomic E-state index is 12.4. The first-order chi connectivity index (χ1) is 13.8. The summed E-state index contributed by atoms with van der Waals surface area (Å²) < 4.78 is 5.53. The average Bonchev–Trinajstić information content (AvgIpc) is 3.04. The maximum absolute atomic E-state index is 12.4. The molecule has 0 unspecified atom stereocenters. The number of hydrogen-bond donors (Lipinski definition) is 3. The Kier molecular flexibility index (Phi) is 5.46. The second-order valence-electron chi connectivity index (χ2n) is 5.89. The minimum Gasteiger partial charge on any atom is -0.450 e. The third-order valence-corrected chi connectivity index (χ3v) is 4.12. The van der Waals surface area contributed by atoms with E-state index < -0.39 is 16.7 Å². The number of nitrogens with two attached hydrogens (primary N) is 1. The van der Waals surface area contributed by atoms with Gasteiger partial charge in [-0.3, -0.25) is 24.8 Å². The molecule has 0 saturated heterocycles. The smallest absolute Gasteiger partial charge is 0.313 e. The van der Waals surface area contributed by atoms with E-state index in [1.807, 2.05) is 0 Å². The van der Waals surface area contributed by atoms with Gasteiger partial charge in [0.05, 0.1) is 16.3 Å². The number of amides is 2. The van der Waals surface area contributed by atoms with Gasteiger partial charge in [-0.05, 0) is 43.3 Å². The number of halogens is 1. The van der Waals surface area contributed by atoms with Crippen molar-refractivity contribution in [1.29, 1.82) is 0 Å². The van der Waals surface area contributed by atoms with Crippen molar-refractivity contribution >= 4 is 34.8 Å². The van der Waals surface area contributed by atoms with Gasteiger partial charge >= 0.3 is 5.69 Å². The van der Waals surface area contributed by atoms with E-state index in [1.165, 1.54) is 42.5 Å². The van der Waals surface area contributed by atoms with Gasteiger partial charge in [-0.15, -0.1) is 0 Å². The summed E-state index contributed by atoms with van der Waals surface area (Å²) in [4.78, 5) is 34.4. The molecule has 0 aliphatic heterocycles. The molecule has 1 aromatic heterocycles. The van der Waals surface area contributed by atoms with Crippen LogP contribution in [0.3, 0.4) is 0 Å². The number of primary amides is 1. The molecule has 0 saturated carbocycles. The number of benzene rings is 2. The molecule has 11 heteroatoms. The van der Waals surface area contributed by atoms with Crippen LogP contribution in [0.15, 0.2) is 42.5 Å². The fourth-order valence-corrected chi connectivity index (χ4v) is 2.63. The molecule has 0 atom stereocenters. The molecule has 0 spiro atoms. The van der Waals surface area contributed by atoms with E-state index in [0.717, 1.165) is 0 Å². The van der Waals surface area contributed by atoms with Crippen molar-refractivity contribution in [3.63, 3.8) is 0 Å². The predicted octanol–water partition coefficient (Wildman–Crippen LogP) is 3.42. The minimum atomic E-state index is -0.780. The zero-order valence-electron chi connectivity index (χ0n) is 14.9. The van der Waals surface area contributed by atoms with Gasteiger partial charge in [-0.25, -0.2) is 0 Å². The number of nitrogens with zero attached hydrogens (tertiary/aromatic N) is 2. The van der Waals surface area contributed by atoms with E-state index in [2.05, 4.69) is 15.5 Å². The second kappa shape index (κ2) is 7.98. The first kappa shape index (κ1) is 19.8. The summed E-state index contributed by atoms with van der Waals surface area (Å²) in [6.07, 6.45) is 0. The lowest BCUT2D eigenvalue weighted by molar-refractivity contribution is -0.385. The van der Waals surface area contributed by atoms with Gasteiger partial charge in [0.2, 0.25) is 5.75 Å². The number of H-pyrrole nitrogens is 1. The minimum absolute atomic E-state index is 0.0109. The van der Waals surface area contributed by atoms with Gasteiger partial charge in [0.25, 0.3) is 11.8 Å². The first-order valence-corrected chi connectivity index (χ1v) is 8.52. The molecular weight excluding hydrogens is 402 g/mol. The maximum Gasteiger partial charge on any atom is 0.313 e. The van der Waals surface area contributed by atoms with E-state index in [9.17, 15) is 19.7 Å². The molecule has 0 aliphatic carbocycles. The van der Waals surface area contributed by atoms with Crippen LogP contribution >= 0.6 is 11.6 Å². The van der Waals surface area contributed by atoms with Crippen LogP contribution in [0.2, 0.25) is 5.02 Å². The summed E-state index contributed by atoms with van der Waals surface area (Å²) in [7, 11) is 0. The highest BCUT2D eigenvalue weighted by atomic mass is 35.5. The zero-order valence-corrected chi connectivity index (χ0v) is 15.7. The Balaban J connectivity index is 1.77. The van der Waals surface area contributed by atoms with E-state index >= 15 is 0 Å². The number of nitro groups is 1. The molecule has 4 N–H and O–H groups in total. The van der Waals surface area contributed by atoms with Gasteiger partial charge in [-0.2, -0.15) is 5.10 Å². The average molecular weight is 416 g/mol. The van der Waals surface area contributed by atoms with Crippen molar-refractivity contribution in [2.24, 2.45) is 5.73 Å². The zero-order chi connectivity index (χ0) is 21.1. The van der Waals surface area contributed by atoms with E-state index in [1.54, 1.807) is 6.92 Å². The fraction of sp³-hybridized carbons (Fsp3) is 0.0556. The number of carbonyl (C=O) groups excluding carboxylic acids is 2. The Morgan fingerprint density at radius 3 is 2.55 bits per heavy atom. The van der Waals surface area contributed by atoms with Crippen molar-refractivity contribution in [3.05, 3.63) is 74.6 Å². The van der Waals surface area contributed by atoms with Gasteiger partial charge < -0.3 is 15.8 Å². The number of aromatic nitrogens is 2. The first-order valence-electron chi connectivity index (χ1n) is 8.14. The number of rotatable bonds is 6. The van der Waals surface area contributed by atoms with Crippen LogP contribution in [-0.2, 0) is 0 Å². The molecule has 0 aliphatic rings. The standard InChI is InChI=1S/C18H14ClN5O5/c1-9-15(16(17(20)25)23-22-9)21-18(26)10-2-5-12(6-3-10)29-14-7-4-11(19)8-13(14)24(27)28/h2-8H,1H3,(H2,20,25)(H,21,26)(H,22,23). The Morgan fingerprint density at radius 2 is 1.93 bits per heavy atom. The highest BCUT2D eigenvalue weighted by molar-refractivity contribution is 6.30. The topological polar surface area (TPSA) is 153 Å². The molecule has 2 amide bonds. The van der Waals surface area contributed by atoms with Gasteiger partial charge in [0.1, 0.15) is 5.75 Å². The van der Waals surface area contributed by atoms with Gasteiger partial charge in [-0.1, -0.05) is 11.6 Å². The van der Waals surface area contributed by atoms with Crippen LogP contribution in [-0.4, -0.2) is 26.9 Å². The third kappa shape index (κ3) is 4.33. The van der Waals surface area contributed by atoms with Crippen LogP contribution in [0.4, 0.5) is 11.4 Å². The number of hydrogen-bond acceptors (Lipinski definition) is 6. The van der Waals surface area contributed by atoms with Crippen molar-refractivity contribution in [3.8, 4) is 11.5 Å². The largest absolute Gasteiger partial charge is 0.450 e. The number of aromatic amines is 1. The summed E-state index contributed by atoms with van der Waals surface area (Å²) in [5.74, 6) is -0.986. The van der Waals surface area contributed by atoms with Crippen molar-refractivity contribution in [2.75, 3.05) is 5.32 Å². The number of anilines is 1. The summed E-state index contributed by atoms with van der Waals surface area (Å²) in [5.41, 5.74) is 5.80. The molecular formula is C18H14ClN5O5. The van der Waals surface area contributed by atoms with Crippen LogP contribution in [0.1, 0.15) is 26.5 Å². The molecule has 3 aromatic rings. The molecule has 0 radical (unpaired) electrons. The van der Waals surface area contributed by atoms with Crippen molar-refractivity contribution < 1.29 is 19.2 Å². The number of carbonyl (C=O) groups is 2. The molecule has 0 bridgehead atoms.